The number of rotatable bonds is 4. The van der Waals surface area contributed by atoms with Gasteiger partial charge in [0, 0.05) is 18.4 Å². The van der Waals surface area contributed by atoms with Crippen molar-refractivity contribution < 1.29 is 9.31 Å². The van der Waals surface area contributed by atoms with Gasteiger partial charge in [0.15, 0.2) is 0 Å². The average Bonchev–Trinajstić information content (AvgIpc) is 2.64. The molecule has 2 N–H and O–H groups in total. The van der Waals surface area contributed by atoms with E-state index in [0.29, 0.717) is 0 Å². The van der Waals surface area contributed by atoms with E-state index in [0.717, 1.165) is 17.5 Å². The maximum atomic E-state index is 6.04. The van der Waals surface area contributed by atoms with Crippen LogP contribution in [-0.4, -0.2) is 23.3 Å². The fourth-order valence-electron chi connectivity index (χ4n) is 2.16. The summed E-state index contributed by atoms with van der Waals surface area (Å²) in [6.45, 7) is 10.2. The van der Waals surface area contributed by atoms with Crippen LogP contribution in [0.2, 0.25) is 0 Å². The van der Waals surface area contributed by atoms with Gasteiger partial charge in [0.05, 0.1) is 11.2 Å². The van der Waals surface area contributed by atoms with E-state index in [9.17, 15) is 0 Å². The van der Waals surface area contributed by atoms with Crippen molar-refractivity contribution >= 4 is 13.2 Å². The molecule has 4 nitrogen and oxygen atoms in total. The van der Waals surface area contributed by atoms with Crippen LogP contribution in [0.3, 0.4) is 0 Å². The van der Waals surface area contributed by atoms with Crippen LogP contribution in [-0.2, 0) is 9.31 Å². The van der Waals surface area contributed by atoms with Gasteiger partial charge in [-0.05, 0) is 51.3 Å². The van der Waals surface area contributed by atoms with Gasteiger partial charge in [-0.25, -0.2) is 0 Å². The van der Waals surface area contributed by atoms with Crippen LogP contribution >= 0.6 is 0 Å². The van der Waals surface area contributed by atoms with Crippen LogP contribution in [0.25, 0.3) is 6.08 Å². The molecule has 1 aromatic heterocycles. The highest BCUT2D eigenvalue weighted by Gasteiger charge is 2.49. The normalized spacial score (nSPS) is 21.9. The molecule has 1 aliphatic rings. The molecule has 1 aromatic rings. The zero-order valence-corrected chi connectivity index (χ0v) is 13.6. The Morgan fingerprint density at radius 2 is 1.86 bits per heavy atom. The van der Waals surface area contributed by atoms with Gasteiger partial charge in [-0.2, -0.15) is 0 Å². The molecule has 0 aromatic carbocycles. The summed E-state index contributed by atoms with van der Waals surface area (Å²) in [6.07, 6.45) is 6.50. The molecule has 114 valence electrons. The molecule has 1 aliphatic heterocycles. The largest absolute Gasteiger partial charge is 0.487 e. The fraction of sp³-hybridized carbons (Fsp3) is 0.562. The van der Waals surface area contributed by atoms with Crippen molar-refractivity contribution in [3.8, 4) is 0 Å². The molecule has 0 spiro atoms. The van der Waals surface area contributed by atoms with Gasteiger partial charge >= 0.3 is 7.12 Å². The van der Waals surface area contributed by atoms with Gasteiger partial charge in [-0.3, -0.25) is 4.98 Å². The predicted octanol–water partition coefficient (Wildman–Crippen LogP) is 3.14. The second-order valence-corrected chi connectivity index (χ2v) is 6.55. The van der Waals surface area contributed by atoms with Crippen molar-refractivity contribution in [3.63, 3.8) is 0 Å². The highest BCUT2D eigenvalue weighted by molar-refractivity contribution is 6.52. The Morgan fingerprint density at radius 1 is 1.24 bits per heavy atom. The molecule has 5 heteroatoms. The standard InChI is InChI=1S/C16H25BN2O2/c1-6-14(18)13-9-12(10-19-11-13)7-8-17-20-15(2,3)16(4,5)21-17/h7-11,14H,6,18H2,1-5H3/b8-7+/t14-/m1/s1. The Hall–Kier alpha value is -1.17. The van der Waals surface area contributed by atoms with Crippen molar-refractivity contribution in [2.45, 2.75) is 58.3 Å². The minimum atomic E-state index is -0.335. The maximum absolute atomic E-state index is 6.04. The Bertz CT molecular complexity index is 513. The zero-order chi connectivity index (χ0) is 15.7. The zero-order valence-electron chi connectivity index (χ0n) is 13.6. The first-order valence-corrected chi connectivity index (χ1v) is 7.49. The second-order valence-electron chi connectivity index (χ2n) is 6.55. The maximum Gasteiger partial charge on any atom is 0.487 e. The summed E-state index contributed by atoms with van der Waals surface area (Å²) in [4.78, 5) is 4.24. The summed E-state index contributed by atoms with van der Waals surface area (Å²) < 4.78 is 11.9. The van der Waals surface area contributed by atoms with Crippen molar-refractivity contribution in [1.82, 2.24) is 4.98 Å². The Labute approximate surface area is 127 Å². The number of aromatic nitrogens is 1. The molecule has 1 fully saturated rings. The van der Waals surface area contributed by atoms with Gasteiger partial charge in [-0.1, -0.05) is 19.0 Å². The number of hydrogen-bond acceptors (Lipinski definition) is 4. The average molecular weight is 288 g/mol. The molecular formula is C16H25BN2O2. The predicted molar refractivity (Wildman–Crippen MR) is 86.6 cm³/mol. The summed E-state index contributed by atoms with van der Waals surface area (Å²) >= 11 is 0. The first-order chi connectivity index (χ1) is 9.75. The molecule has 0 amide bonds. The van der Waals surface area contributed by atoms with Gasteiger partial charge in [0.2, 0.25) is 0 Å². The number of nitrogens with zero attached hydrogens (tertiary/aromatic N) is 1. The van der Waals surface area contributed by atoms with E-state index in [4.69, 9.17) is 15.0 Å². The topological polar surface area (TPSA) is 57.4 Å². The van der Waals surface area contributed by atoms with E-state index in [-0.39, 0.29) is 24.4 Å². The van der Waals surface area contributed by atoms with Gasteiger partial charge in [-0.15, -0.1) is 0 Å². The minimum Gasteiger partial charge on any atom is -0.400 e. The summed E-state index contributed by atoms with van der Waals surface area (Å²) in [5, 5.41) is 0. The summed E-state index contributed by atoms with van der Waals surface area (Å²) in [5.74, 6) is 1.93. The molecule has 0 aliphatic carbocycles. The second kappa shape index (κ2) is 5.91. The Kier molecular flexibility index (Phi) is 4.56. The lowest BCUT2D eigenvalue weighted by Gasteiger charge is -2.32. The molecule has 2 rings (SSSR count). The molecule has 1 atom stereocenters. The van der Waals surface area contributed by atoms with Crippen LogP contribution in [0.5, 0.6) is 0 Å². The molecule has 0 bridgehead atoms. The quantitative estimate of drug-likeness (QED) is 0.865. The van der Waals surface area contributed by atoms with Gasteiger partial charge < -0.3 is 15.0 Å². The number of nitrogens with two attached hydrogens (primary N) is 1. The molecule has 0 radical (unpaired) electrons. The van der Waals surface area contributed by atoms with Crippen LogP contribution in [0.1, 0.15) is 58.2 Å². The van der Waals surface area contributed by atoms with Crippen LogP contribution in [0, 0.1) is 0 Å². The van der Waals surface area contributed by atoms with Crippen LogP contribution in [0.15, 0.2) is 24.4 Å². The number of pyridine rings is 1. The molecule has 0 saturated carbocycles. The summed E-state index contributed by atoms with van der Waals surface area (Å²) in [6, 6.07) is 2.09. The molecule has 2 heterocycles. The van der Waals surface area contributed by atoms with Crippen molar-refractivity contribution in [2.75, 3.05) is 0 Å². The van der Waals surface area contributed by atoms with Gasteiger partial charge in [0.1, 0.15) is 0 Å². The third kappa shape index (κ3) is 3.54. The van der Waals surface area contributed by atoms with Crippen molar-refractivity contribution in [3.05, 3.63) is 35.6 Å². The van der Waals surface area contributed by atoms with Crippen molar-refractivity contribution in [1.29, 1.82) is 0 Å². The molecular weight excluding hydrogens is 263 g/mol. The third-order valence-corrected chi connectivity index (χ3v) is 4.37. The molecule has 1 saturated heterocycles. The lowest BCUT2D eigenvalue weighted by molar-refractivity contribution is 0.00578. The number of hydrogen-bond donors (Lipinski definition) is 1. The van der Waals surface area contributed by atoms with Gasteiger partial charge in [0.25, 0.3) is 0 Å². The highest BCUT2D eigenvalue weighted by Crippen LogP contribution is 2.37. The SMILES string of the molecule is CC[C@@H](N)c1cncc(/C=C/B2OC(C)(C)C(C)(C)O2)c1. The lowest BCUT2D eigenvalue weighted by atomic mass is 9.89. The Morgan fingerprint density at radius 3 is 2.43 bits per heavy atom. The van der Waals surface area contributed by atoms with E-state index >= 15 is 0 Å². The Balaban J connectivity index is 2.09. The van der Waals surface area contributed by atoms with Crippen molar-refractivity contribution in [2.24, 2.45) is 5.73 Å². The van der Waals surface area contributed by atoms with E-state index in [1.807, 2.05) is 52.1 Å². The fourth-order valence-corrected chi connectivity index (χ4v) is 2.16. The lowest BCUT2D eigenvalue weighted by Crippen LogP contribution is -2.41. The smallest absolute Gasteiger partial charge is 0.400 e. The monoisotopic (exact) mass is 288 g/mol. The van der Waals surface area contributed by atoms with E-state index < -0.39 is 0 Å². The van der Waals surface area contributed by atoms with E-state index in [1.165, 1.54) is 0 Å². The first-order valence-electron chi connectivity index (χ1n) is 7.49. The summed E-state index contributed by atoms with van der Waals surface area (Å²) in [7, 11) is -0.335. The van der Waals surface area contributed by atoms with Crippen LogP contribution < -0.4 is 5.73 Å². The molecule has 21 heavy (non-hydrogen) atoms. The van der Waals surface area contributed by atoms with E-state index in [2.05, 4.69) is 18.0 Å². The minimum absolute atomic E-state index is 0.0303. The summed E-state index contributed by atoms with van der Waals surface area (Å²) in [5.41, 5.74) is 7.47. The first kappa shape index (κ1) is 16.2. The van der Waals surface area contributed by atoms with Crippen LogP contribution in [0.4, 0.5) is 0 Å². The third-order valence-electron chi connectivity index (χ3n) is 4.37. The van der Waals surface area contributed by atoms with E-state index in [1.54, 1.807) is 0 Å². The molecule has 0 unspecified atom stereocenters. The highest BCUT2D eigenvalue weighted by atomic mass is 16.7.